The SMILES string of the molecule is COc1ccc(Cl)cc1S(=O)(=O)Nc1ccc(Oc2cc(-n3ccnc3)nc(C)n2)cc1. The second kappa shape index (κ2) is 8.85. The number of nitrogens with zero attached hydrogens (tertiary/aromatic N) is 4. The van der Waals surface area contributed by atoms with Gasteiger partial charge in [-0.15, -0.1) is 0 Å². The van der Waals surface area contributed by atoms with Gasteiger partial charge in [-0.25, -0.2) is 18.4 Å². The van der Waals surface area contributed by atoms with Gasteiger partial charge < -0.3 is 9.47 Å². The number of ether oxygens (including phenoxy) is 2. The molecule has 0 aliphatic carbocycles. The quantitative estimate of drug-likeness (QED) is 0.429. The van der Waals surface area contributed by atoms with E-state index in [9.17, 15) is 8.42 Å². The Hall–Kier alpha value is -3.63. The number of nitrogens with one attached hydrogen (secondary N) is 1. The molecule has 0 spiro atoms. The van der Waals surface area contributed by atoms with Crippen LogP contribution in [0.15, 0.2) is 72.1 Å². The van der Waals surface area contributed by atoms with Gasteiger partial charge in [0.05, 0.1) is 7.11 Å². The highest BCUT2D eigenvalue weighted by atomic mass is 35.5. The molecule has 9 nitrogen and oxygen atoms in total. The maximum Gasteiger partial charge on any atom is 0.265 e. The van der Waals surface area contributed by atoms with E-state index in [-0.39, 0.29) is 15.7 Å². The van der Waals surface area contributed by atoms with Crippen molar-refractivity contribution in [3.63, 3.8) is 0 Å². The molecule has 4 aromatic rings. The molecule has 32 heavy (non-hydrogen) atoms. The summed E-state index contributed by atoms with van der Waals surface area (Å²) in [5.74, 6) is 2.16. The lowest BCUT2D eigenvalue weighted by molar-refractivity contribution is 0.403. The molecular formula is C21H18ClN5O4S. The fourth-order valence-electron chi connectivity index (χ4n) is 2.89. The van der Waals surface area contributed by atoms with Crippen molar-refractivity contribution in [1.82, 2.24) is 19.5 Å². The highest BCUT2D eigenvalue weighted by Gasteiger charge is 2.20. The maximum atomic E-state index is 12.8. The van der Waals surface area contributed by atoms with E-state index >= 15 is 0 Å². The Morgan fingerprint density at radius 2 is 1.84 bits per heavy atom. The normalized spacial score (nSPS) is 11.2. The number of benzene rings is 2. The van der Waals surface area contributed by atoms with Gasteiger partial charge in [0.2, 0.25) is 5.88 Å². The first-order chi connectivity index (χ1) is 15.3. The van der Waals surface area contributed by atoms with Crippen LogP contribution in [0.5, 0.6) is 17.4 Å². The van der Waals surface area contributed by atoms with Crippen molar-refractivity contribution in [2.24, 2.45) is 0 Å². The number of imidazole rings is 1. The molecule has 1 N–H and O–H groups in total. The molecule has 0 atom stereocenters. The summed E-state index contributed by atoms with van der Waals surface area (Å²) in [5.41, 5.74) is 0.345. The second-order valence-electron chi connectivity index (χ2n) is 6.61. The van der Waals surface area contributed by atoms with E-state index in [2.05, 4.69) is 19.7 Å². The number of sulfonamides is 1. The molecule has 0 saturated heterocycles. The minimum Gasteiger partial charge on any atom is -0.495 e. The molecule has 11 heteroatoms. The molecular weight excluding hydrogens is 454 g/mol. The zero-order chi connectivity index (χ0) is 22.7. The van der Waals surface area contributed by atoms with Crippen molar-refractivity contribution in [1.29, 1.82) is 0 Å². The van der Waals surface area contributed by atoms with E-state index in [4.69, 9.17) is 21.1 Å². The zero-order valence-corrected chi connectivity index (χ0v) is 18.6. The van der Waals surface area contributed by atoms with Crippen molar-refractivity contribution >= 4 is 27.3 Å². The molecule has 164 valence electrons. The van der Waals surface area contributed by atoms with Crippen LogP contribution >= 0.6 is 11.6 Å². The summed E-state index contributed by atoms with van der Waals surface area (Å²) in [7, 11) is -2.53. The summed E-state index contributed by atoms with van der Waals surface area (Å²) in [6.45, 7) is 1.76. The Morgan fingerprint density at radius 3 is 2.53 bits per heavy atom. The smallest absolute Gasteiger partial charge is 0.265 e. The number of aryl methyl sites for hydroxylation is 1. The number of anilines is 1. The number of hydrogen-bond donors (Lipinski definition) is 1. The van der Waals surface area contributed by atoms with Crippen LogP contribution in [0.25, 0.3) is 5.82 Å². The van der Waals surface area contributed by atoms with E-state index in [1.165, 1.54) is 19.2 Å². The lowest BCUT2D eigenvalue weighted by atomic mass is 10.3. The fourth-order valence-corrected chi connectivity index (χ4v) is 4.38. The van der Waals surface area contributed by atoms with Crippen LogP contribution in [0.4, 0.5) is 5.69 Å². The minimum absolute atomic E-state index is 0.0590. The van der Waals surface area contributed by atoms with E-state index in [0.29, 0.717) is 29.0 Å². The van der Waals surface area contributed by atoms with Gasteiger partial charge >= 0.3 is 0 Å². The van der Waals surface area contributed by atoms with Gasteiger partial charge in [-0.3, -0.25) is 9.29 Å². The van der Waals surface area contributed by atoms with Crippen molar-refractivity contribution in [3.8, 4) is 23.2 Å². The summed E-state index contributed by atoms with van der Waals surface area (Å²) in [6.07, 6.45) is 5.04. The van der Waals surface area contributed by atoms with Gasteiger partial charge in [-0.1, -0.05) is 11.6 Å². The van der Waals surface area contributed by atoms with Crippen molar-refractivity contribution in [2.75, 3.05) is 11.8 Å². The third-order valence-corrected chi connectivity index (χ3v) is 5.95. The largest absolute Gasteiger partial charge is 0.495 e. The van der Waals surface area contributed by atoms with Crippen molar-refractivity contribution in [3.05, 3.63) is 78.1 Å². The first-order valence-corrected chi connectivity index (χ1v) is 11.2. The summed E-state index contributed by atoms with van der Waals surface area (Å²) in [4.78, 5) is 12.6. The standard InChI is InChI=1S/C21H18ClN5O4S/c1-14-24-20(27-10-9-23-13-27)12-21(25-14)31-17-6-4-16(5-7-17)26-32(28,29)19-11-15(22)3-8-18(19)30-2/h3-13,26H,1-2H3. The summed E-state index contributed by atoms with van der Waals surface area (Å²) >= 11 is 5.96. The topological polar surface area (TPSA) is 108 Å². The van der Waals surface area contributed by atoms with Crippen molar-refractivity contribution < 1.29 is 17.9 Å². The Bertz CT molecular complexity index is 1340. The Morgan fingerprint density at radius 1 is 1.06 bits per heavy atom. The van der Waals surface area contributed by atoms with Gasteiger partial charge in [0.1, 0.15) is 34.4 Å². The molecule has 0 amide bonds. The molecule has 0 aliphatic rings. The van der Waals surface area contributed by atoms with Gasteiger partial charge in [0.25, 0.3) is 10.0 Å². The van der Waals surface area contributed by atoms with Crippen LogP contribution in [0.1, 0.15) is 5.82 Å². The zero-order valence-electron chi connectivity index (χ0n) is 17.1. The predicted octanol–water partition coefficient (Wildman–Crippen LogP) is 4.23. The van der Waals surface area contributed by atoms with E-state index in [0.717, 1.165) is 0 Å². The number of rotatable bonds is 7. The van der Waals surface area contributed by atoms with Crippen LogP contribution < -0.4 is 14.2 Å². The summed E-state index contributed by atoms with van der Waals surface area (Å²) < 4.78 is 40.8. The van der Waals surface area contributed by atoms with Crippen LogP contribution in [0.3, 0.4) is 0 Å². The Labute approximate surface area is 189 Å². The van der Waals surface area contributed by atoms with Gasteiger partial charge in [0.15, 0.2) is 0 Å². The molecule has 0 bridgehead atoms. The van der Waals surface area contributed by atoms with Gasteiger partial charge in [-0.05, 0) is 49.4 Å². The number of methoxy groups -OCH3 is 1. The third-order valence-electron chi connectivity index (χ3n) is 4.31. The summed E-state index contributed by atoms with van der Waals surface area (Å²) in [6, 6.07) is 12.5. The molecule has 0 unspecified atom stereocenters. The van der Waals surface area contributed by atoms with Crippen LogP contribution in [-0.4, -0.2) is 35.0 Å². The lowest BCUT2D eigenvalue weighted by Gasteiger charge is -2.12. The maximum absolute atomic E-state index is 12.8. The number of halogens is 1. The fraction of sp³-hybridized carbons (Fsp3) is 0.0952. The first kappa shape index (κ1) is 21.6. The lowest BCUT2D eigenvalue weighted by Crippen LogP contribution is -2.14. The highest BCUT2D eigenvalue weighted by Crippen LogP contribution is 2.29. The molecule has 4 rings (SSSR count). The molecule has 0 radical (unpaired) electrons. The first-order valence-electron chi connectivity index (χ1n) is 9.32. The molecule has 2 aromatic heterocycles. The van der Waals surface area contributed by atoms with Crippen LogP contribution in [0, 0.1) is 6.92 Å². The number of aromatic nitrogens is 4. The molecule has 0 aliphatic heterocycles. The summed E-state index contributed by atoms with van der Waals surface area (Å²) in [5, 5.41) is 0.283. The second-order valence-corrected chi connectivity index (χ2v) is 8.70. The van der Waals surface area contributed by atoms with E-state index < -0.39 is 10.0 Å². The highest BCUT2D eigenvalue weighted by molar-refractivity contribution is 7.92. The average Bonchev–Trinajstić information content (AvgIpc) is 3.30. The van der Waals surface area contributed by atoms with E-state index in [1.54, 1.807) is 66.6 Å². The average molecular weight is 472 g/mol. The van der Waals surface area contributed by atoms with Crippen LogP contribution in [-0.2, 0) is 10.0 Å². The van der Waals surface area contributed by atoms with E-state index in [1.807, 2.05) is 0 Å². The number of hydrogen-bond acceptors (Lipinski definition) is 7. The molecule has 2 heterocycles. The molecule has 2 aromatic carbocycles. The predicted molar refractivity (Wildman–Crippen MR) is 119 cm³/mol. The molecule has 0 fully saturated rings. The molecule has 0 saturated carbocycles. The Balaban J connectivity index is 1.53. The monoisotopic (exact) mass is 471 g/mol. The Kier molecular flexibility index (Phi) is 5.97. The van der Waals surface area contributed by atoms with Gasteiger partial charge in [-0.2, -0.15) is 4.98 Å². The third kappa shape index (κ3) is 4.82. The minimum atomic E-state index is -3.92. The van der Waals surface area contributed by atoms with Crippen LogP contribution in [0.2, 0.25) is 5.02 Å². The van der Waals surface area contributed by atoms with Crippen molar-refractivity contribution in [2.45, 2.75) is 11.8 Å². The van der Waals surface area contributed by atoms with Gasteiger partial charge in [0, 0.05) is 29.2 Å².